The van der Waals surface area contributed by atoms with Crippen molar-refractivity contribution in [3.63, 3.8) is 0 Å². The van der Waals surface area contributed by atoms with Gasteiger partial charge in [-0.1, -0.05) is 32.9 Å². The maximum absolute atomic E-state index is 9.67. The number of aromatic nitrogens is 1. The Bertz CT molecular complexity index is 644. The molecule has 1 aliphatic rings. The molecule has 0 radical (unpaired) electrons. The van der Waals surface area contributed by atoms with Crippen molar-refractivity contribution in [3.05, 3.63) is 47.2 Å². The summed E-state index contributed by atoms with van der Waals surface area (Å²) in [5, 5.41) is 9.67. The zero-order valence-corrected chi connectivity index (χ0v) is 12.8. The first-order valence-corrected chi connectivity index (χ1v) is 7.36. The molecule has 106 valence electrons. The number of nitrogens with zero attached hydrogens (tertiary/aromatic N) is 1. The highest BCUT2D eigenvalue weighted by molar-refractivity contribution is 5.75. The molecule has 0 saturated carbocycles. The quantitative estimate of drug-likeness (QED) is 0.753. The topological polar surface area (TPSA) is 25.2 Å². The molecule has 1 aromatic heterocycles. The van der Waals surface area contributed by atoms with E-state index in [-0.39, 0.29) is 11.5 Å². The van der Waals surface area contributed by atoms with Gasteiger partial charge in [-0.15, -0.1) is 0 Å². The average Bonchev–Trinajstić information content (AvgIpc) is 2.86. The molecule has 1 heterocycles. The van der Waals surface area contributed by atoms with Gasteiger partial charge in [0.25, 0.3) is 0 Å². The Morgan fingerprint density at radius 2 is 1.95 bits per heavy atom. The van der Waals surface area contributed by atoms with E-state index in [1.165, 1.54) is 27.9 Å². The van der Waals surface area contributed by atoms with Crippen LogP contribution in [0.5, 0.6) is 0 Å². The summed E-state index contributed by atoms with van der Waals surface area (Å²) in [6, 6.07) is 9.04. The standard InChI is InChI=1S/C18H23NO/c1-12(20)11-19-8-7-14-9-13-5-6-15(18(2,3)4)10-16(13)17(14)19/h5-8,10,12,20H,9,11H2,1-4H3. The summed E-state index contributed by atoms with van der Waals surface area (Å²) in [6.07, 6.45) is 2.80. The monoisotopic (exact) mass is 269 g/mol. The van der Waals surface area contributed by atoms with Gasteiger partial charge in [-0.25, -0.2) is 0 Å². The van der Waals surface area contributed by atoms with E-state index in [9.17, 15) is 5.11 Å². The Labute approximate surface area is 121 Å². The second-order valence-electron chi connectivity index (χ2n) is 6.99. The summed E-state index contributed by atoms with van der Waals surface area (Å²) in [4.78, 5) is 0. The number of fused-ring (bicyclic) bond motifs is 3. The highest BCUT2D eigenvalue weighted by Gasteiger charge is 2.24. The molecule has 1 atom stereocenters. The van der Waals surface area contributed by atoms with Gasteiger partial charge in [-0.2, -0.15) is 0 Å². The van der Waals surface area contributed by atoms with Crippen molar-refractivity contribution in [2.45, 2.75) is 52.2 Å². The van der Waals surface area contributed by atoms with Crippen molar-refractivity contribution >= 4 is 0 Å². The molecule has 1 aromatic carbocycles. The molecular formula is C18H23NO. The van der Waals surface area contributed by atoms with E-state index in [1.807, 2.05) is 6.92 Å². The summed E-state index contributed by atoms with van der Waals surface area (Å²) in [7, 11) is 0. The van der Waals surface area contributed by atoms with Crippen LogP contribution < -0.4 is 0 Å². The second kappa shape index (κ2) is 4.49. The molecule has 3 rings (SSSR count). The van der Waals surface area contributed by atoms with Crippen LogP contribution in [0.15, 0.2) is 30.5 Å². The first-order chi connectivity index (χ1) is 9.36. The number of hydrogen-bond donors (Lipinski definition) is 1. The molecule has 1 N–H and O–H groups in total. The first-order valence-electron chi connectivity index (χ1n) is 7.36. The number of aliphatic hydroxyl groups is 1. The molecule has 0 spiro atoms. The maximum Gasteiger partial charge on any atom is 0.0691 e. The van der Waals surface area contributed by atoms with Crippen LogP contribution in [-0.4, -0.2) is 15.8 Å². The minimum atomic E-state index is -0.318. The molecule has 20 heavy (non-hydrogen) atoms. The molecule has 0 amide bonds. The van der Waals surface area contributed by atoms with Crippen LogP contribution in [0, 0.1) is 0 Å². The summed E-state index contributed by atoms with van der Waals surface area (Å²) >= 11 is 0. The molecule has 0 bridgehead atoms. The van der Waals surface area contributed by atoms with E-state index in [0.717, 1.165) is 6.42 Å². The third kappa shape index (κ3) is 2.18. The zero-order chi connectivity index (χ0) is 14.5. The molecule has 2 aromatic rings. The molecule has 0 fully saturated rings. The van der Waals surface area contributed by atoms with Crippen molar-refractivity contribution in [3.8, 4) is 11.3 Å². The Hall–Kier alpha value is -1.54. The fourth-order valence-corrected chi connectivity index (χ4v) is 3.05. The summed E-state index contributed by atoms with van der Waals surface area (Å²) in [5.74, 6) is 0. The minimum Gasteiger partial charge on any atom is -0.392 e. The summed E-state index contributed by atoms with van der Waals surface area (Å²) in [5.41, 5.74) is 6.97. The van der Waals surface area contributed by atoms with Crippen molar-refractivity contribution in [2.24, 2.45) is 0 Å². The normalized spacial score (nSPS) is 15.1. The van der Waals surface area contributed by atoms with Crippen LogP contribution in [0.3, 0.4) is 0 Å². The predicted molar refractivity (Wildman–Crippen MR) is 83.1 cm³/mol. The largest absolute Gasteiger partial charge is 0.392 e. The smallest absolute Gasteiger partial charge is 0.0691 e. The second-order valence-corrected chi connectivity index (χ2v) is 6.99. The van der Waals surface area contributed by atoms with Gasteiger partial charge in [-0.3, -0.25) is 0 Å². The third-order valence-electron chi connectivity index (χ3n) is 4.12. The van der Waals surface area contributed by atoms with Crippen LogP contribution in [-0.2, 0) is 18.4 Å². The van der Waals surface area contributed by atoms with Crippen LogP contribution in [0.2, 0.25) is 0 Å². The van der Waals surface area contributed by atoms with Crippen molar-refractivity contribution < 1.29 is 5.11 Å². The first kappa shape index (κ1) is 13.4. The number of benzene rings is 1. The van der Waals surface area contributed by atoms with E-state index >= 15 is 0 Å². The highest BCUT2D eigenvalue weighted by atomic mass is 16.3. The Balaban J connectivity index is 2.10. The molecule has 2 nitrogen and oxygen atoms in total. The van der Waals surface area contributed by atoms with Crippen molar-refractivity contribution in [1.29, 1.82) is 0 Å². The molecule has 1 aliphatic carbocycles. The minimum absolute atomic E-state index is 0.166. The van der Waals surface area contributed by atoms with E-state index in [4.69, 9.17) is 0 Å². The highest BCUT2D eigenvalue weighted by Crippen LogP contribution is 2.39. The Kier molecular flexibility index (Phi) is 3.02. The van der Waals surface area contributed by atoms with Crippen LogP contribution in [0.1, 0.15) is 44.4 Å². The number of hydrogen-bond acceptors (Lipinski definition) is 1. The predicted octanol–water partition coefficient (Wildman–Crippen LogP) is 3.74. The van der Waals surface area contributed by atoms with Crippen molar-refractivity contribution in [1.82, 2.24) is 4.57 Å². The van der Waals surface area contributed by atoms with Gasteiger partial charge >= 0.3 is 0 Å². The van der Waals surface area contributed by atoms with Gasteiger partial charge in [0.15, 0.2) is 0 Å². The van der Waals surface area contributed by atoms with E-state index in [1.54, 1.807) is 0 Å². The third-order valence-corrected chi connectivity index (χ3v) is 4.12. The van der Waals surface area contributed by atoms with Gasteiger partial charge < -0.3 is 9.67 Å². The molecule has 0 saturated heterocycles. The summed E-state index contributed by atoms with van der Waals surface area (Å²) < 4.78 is 2.19. The van der Waals surface area contributed by atoms with Crippen LogP contribution in [0.4, 0.5) is 0 Å². The van der Waals surface area contributed by atoms with E-state index in [0.29, 0.717) is 6.54 Å². The Morgan fingerprint density at radius 3 is 2.60 bits per heavy atom. The fourth-order valence-electron chi connectivity index (χ4n) is 3.05. The van der Waals surface area contributed by atoms with Crippen LogP contribution >= 0.6 is 0 Å². The van der Waals surface area contributed by atoms with E-state index < -0.39 is 0 Å². The van der Waals surface area contributed by atoms with Gasteiger partial charge in [0, 0.05) is 24.7 Å². The SMILES string of the molecule is CC(O)Cn1ccc2c1-c1cc(C(C)(C)C)ccc1C2. The van der Waals surface area contributed by atoms with Crippen LogP contribution in [0.25, 0.3) is 11.3 Å². The van der Waals surface area contributed by atoms with Gasteiger partial charge in [0.2, 0.25) is 0 Å². The fraction of sp³-hybridized carbons (Fsp3) is 0.444. The zero-order valence-electron chi connectivity index (χ0n) is 12.8. The number of aliphatic hydroxyl groups excluding tert-OH is 1. The lowest BCUT2D eigenvalue weighted by Crippen LogP contribution is -2.13. The van der Waals surface area contributed by atoms with E-state index in [2.05, 4.69) is 55.8 Å². The number of rotatable bonds is 2. The van der Waals surface area contributed by atoms with Gasteiger partial charge in [0.05, 0.1) is 11.8 Å². The van der Waals surface area contributed by atoms with Gasteiger partial charge in [-0.05, 0) is 41.2 Å². The lowest BCUT2D eigenvalue weighted by atomic mass is 9.85. The molecule has 0 aliphatic heterocycles. The summed E-state index contributed by atoms with van der Waals surface area (Å²) in [6.45, 7) is 9.25. The Morgan fingerprint density at radius 1 is 1.20 bits per heavy atom. The van der Waals surface area contributed by atoms with Gasteiger partial charge in [0.1, 0.15) is 0 Å². The maximum atomic E-state index is 9.67. The lowest BCUT2D eigenvalue weighted by molar-refractivity contribution is 0.174. The molecule has 1 unspecified atom stereocenters. The average molecular weight is 269 g/mol. The molecule has 2 heteroatoms. The lowest BCUT2D eigenvalue weighted by Gasteiger charge is -2.20. The molecular weight excluding hydrogens is 246 g/mol. The van der Waals surface area contributed by atoms with Crippen molar-refractivity contribution in [2.75, 3.05) is 0 Å².